The number of methoxy groups -OCH3 is 4. The highest BCUT2D eigenvalue weighted by Crippen LogP contribution is 2.35. The molecule has 258 valence electrons. The molecule has 11 nitrogen and oxygen atoms in total. The minimum Gasteiger partial charge on any atom is -0.493 e. The molecule has 2 amide bonds. The van der Waals surface area contributed by atoms with Crippen LogP contribution in [0.1, 0.15) is 43.2 Å². The zero-order valence-corrected chi connectivity index (χ0v) is 28.7. The number of rotatable bonds is 11. The lowest BCUT2D eigenvalue weighted by molar-refractivity contribution is 0.0997. The van der Waals surface area contributed by atoms with Gasteiger partial charge >= 0.3 is 0 Å². The zero-order valence-electron chi connectivity index (χ0n) is 28.7. The van der Waals surface area contributed by atoms with Gasteiger partial charge in [-0.05, 0) is 78.9 Å². The van der Waals surface area contributed by atoms with Crippen molar-refractivity contribution in [3.63, 3.8) is 0 Å². The fourth-order valence-corrected chi connectivity index (χ4v) is 6.11. The minimum atomic E-state index is -0.703. The second-order valence-corrected chi connectivity index (χ2v) is 12.1. The Bertz CT molecular complexity index is 2120. The number of hydrogen-bond acceptors (Lipinski definition) is 9. The summed E-state index contributed by atoms with van der Waals surface area (Å²) < 4.78 is 27.6. The van der Waals surface area contributed by atoms with Crippen LogP contribution in [-0.4, -0.2) is 58.2 Å². The third kappa shape index (κ3) is 7.28. The summed E-state index contributed by atoms with van der Waals surface area (Å²) in [5, 5.41) is 6.00. The molecule has 0 fully saturated rings. The molecular weight excluding hydrogens is 638 g/mol. The van der Waals surface area contributed by atoms with Crippen LogP contribution in [0.2, 0.25) is 0 Å². The highest BCUT2D eigenvalue weighted by Gasteiger charge is 2.22. The molecule has 0 bridgehead atoms. The number of nitrogens with zero attached hydrogens (tertiary/aromatic N) is 1. The van der Waals surface area contributed by atoms with E-state index in [0.717, 1.165) is 61.2 Å². The summed E-state index contributed by atoms with van der Waals surface area (Å²) in [6.07, 6.45) is 1.78. The molecule has 2 N–H and O–H groups in total. The van der Waals surface area contributed by atoms with Crippen LogP contribution in [0.3, 0.4) is 0 Å². The van der Waals surface area contributed by atoms with E-state index in [1.54, 1.807) is 32.4 Å². The van der Waals surface area contributed by atoms with Crippen molar-refractivity contribution in [2.24, 2.45) is 0 Å². The maximum Gasteiger partial charge on any atom is 0.291 e. The van der Waals surface area contributed by atoms with Crippen LogP contribution in [-0.2, 0) is 19.4 Å². The highest BCUT2D eigenvalue weighted by atomic mass is 16.5. The van der Waals surface area contributed by atoms with E-state index in [2.05, 4.69) is 27.7 Å². The van der Waals surface area contributed by atoms with Gasteiger partial charge in [0.05, 0.1) is 45.1 Å². The van der Waals surface area contributed by atoms with Crippen LogP contribution in [0.4, 0.5) is 11.4 Å². The Balaban J connectivity index is 1.14. The SMILES string of the molecule is COc1cc2c(cc1OC)CN(CCc1ccc(NC(=O)c3cc(OC)c(OC)cc3NC(=O)c3cc(=O)c4cc(C)ccc4o3)cc1)CC2. The number of benzene rings is 4. The Morgan fingerprint density at radius 3 is 2.12 bits per heavy atom. The normalized spacial score (nSPS) is 12.6. The Hall–Kier alpha value is -5.81. The summed E-state index contributed by atoms with van der Waals surface area (Å²) in [6, 6.07) is 21.1. The molecule has 0 radical (unpaired) electrons. The van der Waals surface area contributed by atoms with Gasteiger partial charge in [0, 0.05) is 37.5 Å². The number of ether oxygens (including phenoxy) is 4. The van der Waals surface area contributed by atoms with E-state index >= 15 is 0 Å². The molecule has 0 spiro atoms. The van der Waals surface area contributed by atoms with E-state index in [-0.39, 0.29) is 28.0 Å². The van der Waals surface area contributed by atoms with Gasteiger partial charge in [0.2, 0.25) is 0 Å². The van der Waals surface area contributed by atoms with Crippen LogP contribution < -0.4 is 35.0 Å². The quantitative estimate of drug-likeness (QED) is 0.167. The van der Waals surface area contributed by atoms with E-state index in [4.69, 9.17) is 23.4 Å². The van der Waals surface area contributed by atoms with Gasteiger partial charge in [0.15, 0.2) is 34.2 Å². The molecule has 0 atom stereocenters. The van der Waals surface area contributed by atoms with Gasteiger partial charge < -0.3 is 34.0 Å². The zero-order chi connectivity index (χ0) is 35.4. The minimum absolute atomic E-state index is 0.124. The third-order valence-electron chi connectivity index (χ3n) is 8.85. The molecule has 1 aliphatic rings. The molecule has 0 aliphatic carbocycles. The van der Waals surface area contributed by atoms with E-state index < -0.39 is 11.8 Å². The summed E-state index contributed by atoms with van der Waals surface area (Å²) >= 11 is 0. The van der Waals surface area contributed by atoms with Crippen LogP contribution in [0.5, 0.6) is 23.0 Å². The number of anilines is 2. The molecule has 1 aromatic heterocycles. The predicted molar refractivity (Wildman–Crippen MR) is 191 cm³/mol. The molecule has 5 aromatic rings. The molecule has 1 aliphatic heterocycles. The Morgan fingerprint density at radius 2 is 1.42 bits per heavy atom. The summed E-state index contributed by atoms with van der Waals surface area (Å²) in [5.74, 6) is 0.713. The van der Waals surface area contributed by atoms with Gasteiger partial charge in [-0.15, -0.1) is 0 Å². The Kier molecular flexibility index (Phi) is 10.1. The van der Waals surface area contributed by atoms with E-state index in [1.807, 2.05) is 31.2 Å². The summed E-state index contributed by atoms with van der Waals surface area (Å²) in [7, 11) is 6.21. The van der Waals surface area contributed by atoms with Crippen molar-refractivity contribution in [2.75, 3.05) is 52.2 Å². The molecule has 50 heavy (non-hydrogen) atoms. The third-order valence-corrected chi connectivity index (χ3v) is 8.85. The number of aryl methyl sites for hydroxylation is 1. The first-order valence-corrected chi connectivity index (χ1v) is 16.2. The number of fused-ring (bicyclic) bond motifs is 2. The second-order valence-electron chi connectivity index (χ2n) is 12.1. The average Bonchev–Trinajstić information content (AvgIpc) is 3.13. The topological polar surface area (TPSA) is 129 Å². The number of amides is 2. The van der Waals surface area contributed by atoms with Crippen molar-refractivity contribution in [1.29, 1.82) is 0 Å². The molecule has 0 saturated carbocycles. The van der Waals surface area contributed by atoms with Crippen molar-refractivity contribution < 1.29 is 33.0 Å². The molecule has 6 rings (SSSR count). The first kappa shape index (κ1) is 34.1. The van der Waals surface area contributed by atoms with Gasteiger partial charge in [-0.1, -0.05) is 23.8 Å². The summed E-state index contributed by atoms with van der Waals surface area (Å²) in [5.41, 5.74) is 5.33. The maximum atomic E-state index is 13.6. The van der Waals surface area contributed by atoms with Crippen LogP contribution in [0.25, 0.3) is 11.0 Å². The van der Waals surface area contributed by atoms with E-state index in [9.17, 15) is 14.4 Å². The van der Waals surface area contributed by atoms with Crippen LogP contribution in [0.15, 0.2) is 82.0 Å². The second kappa shape index (κ2) is 14.8. The molecular formula is C39H39N3O8. The first-order chi connectivity index (χ1) is 24.2. The molecule has 11 heteroatoms. The van der Waals surface area contributed by atoms with Crippen molar-refractivity contribution in [2.45, 2.75) is 26.3 Å². The monoisotopic (exact) mass is 677 g/mol. The van der Waals surface area contributed by atoms with Crippen molar-refractivity contribution >= 4 is 34.2 Å². The molecule has 2 heterocycles. The molecule has 0 saturated heterocycles. The first-order valence-electron chi connectivity index (χ1n) is 16.2. The highest BCUT2D eigenvalue weighted by molar-refractivity contribution is 6.12. The number of hydrogen-bond donors (Lipinski definition) is 2. The van der Waals surface area contributed by atoms with Gasteiger partial charge in [-0.25, -0.2) is 0 Å². The number of carbonyl (C=O) groups excluding carboxylic acids is 2. The number of nitrogens with one attached hydrogen (secondary N) is 2. The lowest BCUT2D eigenvalue weighted by Crippen LogP contribution is -2.32. The smallest absolute Gasteiger partial charge is 0.291 e. The summed E-state index contributed by atoms with van der Waals surface area (Å²) in [4.78, 5) is 42.1. The van der Waals surface area contributed by atoms with Crippen LogP contribution in [0, 0.1) is 6.92 Å². The summed E-state index contributed by atoms with van der Waals surface area (Å²) in [6.45, 7) is 4.53. The van der Waals surface area contributed by atoms with Gasteiger partial charge in [-0.2, -0.15) is 0 Å². The standard InChI is InChI=1S/C39H39N3O8/c1-23-6-11-32-29(16-23)31(43)21-37(50-32)39(45)41-30-20-36(49-5)35(48-4)19-28(30)38(44)40-27-9-7-24(8-10-27)12-14-42-15-13-25-17-33(46-2)34(47-3)18-26(25)22-42/h6-11,16-21H,12-15,22H2,1-5H3,(H,40,44)(H,41,45). The lowest BCUT2D eigenvalue weighted by Gasteiger charge is -2.29. The van der Waals surface area contributed by atoms with Crippen LogP contribution >= 0.6 is 0 Å². The van der Waals surface area contributed by atoms with Gasteiger partial charge in [0.1, 0.15) is 5.58 Å². The Morgan fingerprint density at radius 1 is 0.760 bits per heavy atom. The fraction of sp³-hybridized carbons (Fsp3) is 0.256. The molecule has 4 aromatic carbocycles. The average molecular weight is 678 g/mol. The number of carbonyl (C=O) groups is 2. The van der Waals surface area contributed by atoms with Crippen molar-refractivity contribution in [1.82, 2.24) is 4.90 Å². The lowest BCUT2D eigenvalue weighted by atomic mass is 9.98. The molecule has 0 unspecified atom stereocenters. The van der Waals surface area contributed by atoms with Gasteiger partial charge in [0.25, 0.3) is 11.8 Å². The Labute approximate surface area is 289 Å². The fourth-order valence-electron chi connectivity index (χ4n) is 6.11. The van der Waals surface area contributed by atoms with Crippen molar-refractivity contribution in [3.8, 4) is 23.0 Å². The van der Waals surface area contributed by atoms with E-state index in [1.165, 1.54) is 37.5 Å². The van der Waals surface area contributed by atoms with E-state index in [0.29, 0.717) is 22.6 Å². The largest absolute Gasteiger partial charge is 0.493 e. The van der Waals surface area contributed by atoms with Crippen molar-refractivity contribution in [3.05, 3.63) is 117 Å². The predicted octanol–water partition coefficient (Wildman–Crippen LogP) is 6.24. The maximum absolute atomic E-state index is 13.6. The van der Waals surface area contributed by atoms with Gasteiger partial charge in [-0.3, -0.25) is 19.3 Å².